The third-order valence-electron chi connectivity index (χ3n) is 3.86. The summed E-state index contributed by atoms with van der Waals surface area (Å²) < 4.78 is 37.6. The molecule has 3 rings (SSSR count). The van der Waals surface area contributed by atoms with E-state index in [0.29, 0.717) is 31.1 Å². The zero-order valence-electron chi connectivity index (χ0n) is 15.7. The molecule has 0 bridgehead atoms. The van der Waals surface area contributed by atoms with Crippen LogP contribution in [-0.2, 0) is 16.6 Å². The van der Waals surface area contributed by atoms with Gasteiger partial charge < -0.3 is 9.15 Å². The molecule has 0 spiro atoms. The molecule has 8 nitrogen and oxygen atoms in total. The van der Waals surface area contributed by atoms with Crippen molar-refractivity contribution in [3.63, 3.8) is 0 Å². The Kier molecular flexibility index (Phi) is 6.76. The van der Waals surface area contributed by atoms with Crippen LogP contribution in [0.5, 0.6) is 5.75 Å². The monoisotopic (exact) mass is 422 g/mol. The number of nitrogens with one attached hydrogen (secondary N) is 1. The second kappa shape index (κ2) is 9.26. The van der Waals surface area contributed by atoms with Crippen molar-refractivity contribution >= 4 is 21.8 Å². The van der Waals surface area contributed by atoms with Crippen molar-refractivity contribution in [1.82, 2.24) is 19.5 Å². The van der Waals surface area contributed by atoms with Crippen LogP contribution in [0.3, 0.4) is 0 Å². The van der Waals surface area contributed by atoms with Crippen LogP contribution >= 0.6 is 11.8 Å². The third-order valence-corrected chi connectivity index (χ3v) is 5.64. The average molecular weight is 423 g/mol. The number of methoxy groups -OCH3 is 1. The standard InChI is InChI=1S/C18H22N4O4S2/c1-25-15-7-3-6-14(12-15)17-20-21-18(22(17)13-16-8-4-10-26-16)27-11-5-9-19-28(2,23)24/h3-4,6-8,10,12,19H,5,9,11,13H2,1-2H3. The van der Waals surface area contributed by atoms with E-state index in [1.807, 2.05) is 41.0 Å². The van der Waals surface area contributed by atoms with Crippen LogP contribution < -0.4 is 9.46 Å². The van der Waals surface area contributed by atoms with E-state index in [1.54, 1.807) is 13.4 Å². The zero-order valence-corrected chi connectivity index (χ0v) is 17.3. The van der Waals surface area contributed by atoms with E-state index in [0.717, 1.165) is 28.5 Å². The predicted molar refractivity (Wildman–Crippen MR) is 108 cm³/mol. The van der Waals surface area contributed by atoms with Gasteiger partial charge in [-0.05, 0) is 30.7 Å². The minimum Gasteiger partial charge on any atom is -0.497 e. The van der Waals surface area contributed by atoms with Gasteiger partial charge in [-0.2, -0.15) is 0 Å². The molecule has 0 aliphatic carbocycles. The van der Waals surface area contributed by atoms with E-state index in [-0.39, 0.29) is 0 Å². The van der Waals surface area contributed by atoms with E-state index in [9.17, 15) is 8.42 Å². The van der Waals surface area contributed by atoms with Crippen molar-refractivity contribution in [2.24, 2.45) is 0 Å². The van der Waals surface area contributed by atoms with Gasteiger partial charge in [0.1, 0.15) is 11.5 Å². The molecule has 1 aromatic carbocycles. The summed E-state index contributed by atoms with van der Waals surface area (Å²) >= 11 is 1.53. The number of aromatic nitrogens is 3. The fourth-order valence-corrected chi connectivity index (χ4v) is 3.96. The van der Waals surface area contributed by atoms with Gasteiger partial charge >= 0.3 is 0 Å². The van der Waals surface area contributed by atoms with Crippen LogP contribution in [0, 0.1) is 0 Å². The number of furan rings is 1. The minimum atomic E-state index is -3.17. The van der Waals surface area contributed by atoms with Gasteiger partial charge in [-0.3, -0.25) is 4.57 Å². The third kappa shape index (κ3) is 5.60. The molecule has 0 aliphatic rings. The van der Waals surface area contributed by atoms with Crippen molar-refractivity contribution in [2.45, 2.75) is 18.1 Å². The SMILES string of the molecule is COc1cccc(-c2nnc(SCCCNS(C)(=O)=O)n2Cc2ccco2)c1. The number of rotatable bonds is 10. The van der Waals surface area contributed by atoms with E-state index in [2.05, 4.69) is 14.9 Å². The second-order valence-corrected chi connectivity index (χ2v) is 8.97. The molecule has 2 heterocycles. The lowest BCUT2D eigenvalue weighted by Gasteiger charge is -2.10. The maximum atomic E-state index is 11.1. The van der Waals surface area contributed by atoms with Crippen molar-refractivity contribution in [3.8, 4) is 17.1 Å². The first-order chi connectivity index (χ1) is 13.5. The number of benzene rings is 1. The fraction of sp³-hybridized carbons (Fsp3) is 0.333. The molecule has 0 saturated heterocycles. The first kappa shape index (κ1) is 20.4. The summed E-state index contributed by atoms with van der Waals surface area (Å²) in [5.41, 5.74) is 0.893. The highest BCUT2D eigenvalue weighted by atomic mass is 32.2. The molecule has 0 aliphatic heterocycles. The van der Waals surface area contributed by atoms with Crippen molar-refractivity contribution in [1.29, 1.82) is 0 Å². The average Bonchev–Trinajstić information content (AvgIpc) is 3.31. The van der Waals surface area contributed by atoms with E-state index in [4.69, 9.17) is 9.15 Å². The normalized spacial score (nSPS) is 11.6. The summed E-state index contributed by atoms with van der Waals surface area (Å²) in [6.45, 7) is 0.886. The molecule has 28 heavy (non-hydrogen) atoms. The Bertz CT molecular complexity index is 1000. The first-order valence-electron chi connectivity index (χ1n) is 8.64. The molecule has 0 radical (unpaired) electrons. The fourth-order valence-electron chi connectivity index (χ4n) is 2.57. The van der Waals surface area contributed by atoms with Gasteiger partial charge in [-0.25, -0.2) is 13.1 Å². The maximum absolute atomic E-state index is 11.1. The highest BCUT2D eigenvalue weighted by Crippen LogP contribution is 2.27. The van der Waals surface area contributed by atoms with Crippen molar-refractivity contribution in [3.05, 3.63) is 48.4 Å². The predicted octanol–water partition coefficient (Wildman–Crippen LogP) is 2.63. The summed E-state index contributed by atoms with van der Waals surface area (Å²) in [7, 11) is -1.54. The Morgan fingerprint density at radius 3 is 2.82 bits per heavy atom. The minimum absolute atomic E-state index is 0.390. The molecule has 0 saturated carbocycles. The lowest BCUT2D eigenvalue weighted by molar-refractivity contribution is 0.415. The van der Waals surface area contributed by atoms with Crippen LogP contribution in [0.4, 0.5) is 0 Å². The molecular formula is C18H22N4O4S2. The van der Waals surface area contributed by atoms with Crippen LogP contribution in [0.1, 0.15) is 12.2 Å². The number of hydrogen-bond donors (Lipinski definition) is 1. The smallest absolute Gasteiger partial charge is 0.208 e. The van der Waals surface area contributed by atoms with E-state index < -0.39 is 10.0 Å². The second-order valence-electron chi connectivity index (χ2n) is 6.07. The summed E-state index contributed by atoms with van der Waals surface area (Å²) in [6, 6.07) is 11.4. The number of sulfonamides is 1. The highest BCUT2D eigenvalue weighted by molar-refractivity contribution is 7.99. The van der Waals surface area contributed by atoms with Crippen LogP contribution in [-0.4, -0.2) is 48.8 Å². The number of ether oxygens (including phenoxy) is 1. The Balaban J connectivity index is 1.78. The molecule has 1 N–H and O–H groups in total. The van der Waals surface area contributed by atoms with E-state index in [1.165, 1.54) is 11.8 Å². The van der Waals surface area contributed by atoms with Crippen LogP contribution in [0.25, 0.3) is 11.4 Å². The topological polar surface area (TPSA) is 99.3 Å². The van der Waals surface area contributed by atoms with Gasteiger partial charge in [-0.15, -0.1) is 10.2 Å². The number of thioether (sulfide) groups is 1. The largest absolute Gasteiger partial charge is 0.497 e. The summed E-state index contributed by atoms with van der Waals surface area (Å²) in [6.07, 6.45) is 3.47. The van der Waals surface area contributed by atoms with Crippen LogP contribution in [0.15, 0.2) is 52.2 Å². The molecule has 10 heteroatoms. The molecule has 0 amide bonds. The lowest BCUT2D eigenvalue weighted by Crippen LogP contribution is -2.23. The maximum Gasteiger partial charge on any atom is 0.208 e. The Morgan fingerprint density at radius 2 is 2.11 bits per heavy atom. The van der Waals surface area contributed by atoms with Gasteiger partial charge in [0, 0.05) is 17.9 Å². The molecular weight excluding hydrogens is 400 g/mol. The highest BCUT2D eigenvalue weighted by Gasteiger charge is 2.16. The first-order valence-corrected chi connectivity index (χ1v) is 11.5. The quantitative estimate of drug-likeness (QED) is 0.396. The molecule has 2 aromatic heterocycles. The van der Waals surface area contributed by atoms with Gasteiger partial charge in [0.05, 0.1) is 26.2 Å². The van der Waals surface area contributed by atoms with Gasteiger partial charge in [0.25, 0.3) is 0 Å². The molecule has 0 atom stereocenters. The summed E-state index contributed by atoms with van der Waals surface area (Å²) in [5, 5.41) is 9.44. The lowest BCUT2D eigenvalue weighted by atomic mass is 10.2. The van der Waals surface area contributed by atoms with Crippen molar-refractivity contribution < 1.29 is 17.6 Å². The molecule has 0 fully saturated rings. The molecule has 150 valence electrons. The van der Waals surface area contributed by atoms with Crippen molar-refractivity contribution in [2.75, 3.05) is 25.7 Å². The van der Waals surface area contributed by atoms with E-state index >= 15 is 0 Å². The van der Waals surface area contributed by atoms with Gasteiger partial charge in [-0.1, -0.05) is 23.9 Å². The molecule has 3 aromatic rings. The van der Waals surface area contributed by atoms with Gasteiger partial charge in [0.2, 0.25) is 10.0 Å². The van der Waals surface area contributed by atoms with Gasteiger partial charge in [0.15, 0.2) is 11.0 Å². The molecule has 0 unspecified atom stereocenters. The Hall–Kier alpha value is -2.30. The Morgan fingerprint density at radius 1 is 1.25 bits per heavy atom. The number of nitrogens with zero attached hydrogens (tertiary/aromatic N) is 3. The summed E-state index contributed by atoms with van der Waals surface area (Å²) in [4.78, 5) is 0. The van der Waals surface area contributed by atoms with Crippen LogP contribution in [0.2, 0.25) is 0 Å². The summed E-state index contributed by atoms with van der Waals surface area (Å²) in [5.74, 6) is 2.96. The Labute approximate surface area is 168 Å². The number of hydrogen-bond acceptors (Lipinski definition) is 7. The zero-order chi connectivity index (χ0) is 20.0.